The number of hydrogen-bond acceptors (Lipinski definition) is 5. The maximum absolute atomic E-state index is 12.9. The number of aromatic amines is 1. The van der Waals surface area contributed by atoms with Gasteiger partial charge >= 0.3 is 0 Å². The Hall–Kier alpha value is -1.99. The largest absolute Gasteiger partial charge is 0.409 e. The van der Waals surface area contributed by atoms with Crippen LogP contribution in [-0.2, 0) is 4.74 Å². The molecule has 2 heterocycles. The first kappa shape index (κ1) is 16.5. The minimum absolute atomic E-state index is 0.0146. The maximum Gasteiger partial charge on any atom is 0.284 e. The van der Waals surface area contributed by atoms with E-state index >= 15 is 0 Å². The summed E-state index contributed by atoms with van der Waals surface area (Å²) in [5.74, 6) is 0.887. The highest BCUT2D eigenvalue weighted by Crippen LogP contribution is 2.54. The van der Waals surface area contributed by atoms with E-state index in [0.29, 0.717) is 17.4 Å². The van der Waals surface area contributed by atoms with Crippen molar-refractivity contribution in [3.05, 3.63) is 34.7 Å². The third-order valence-corrected chi connectivity index (χ3v) is 5.77. The number of ether oxygens (including phenoxy) is 1. The number of amides is 1. The number of carbonyl (C=O) groups excluding carboxylic acids is 1. The third kappa shape index (κ3) is 2.53. The molecule has 6 nitrogen and oxygen atoms in total. The Kier molecular flexibility index (Phi) is 3.81. The molecule has 7 heteroatoms. The normalized spacial score (nSPS) is 26.8. The third-order valence-electron chi connectivity index (χ3n) is 5.59. The standard InChI is InChI=1S/C18H21N3O3S/c1-18(2)13(12-8-9-23-14(12)18)21(3)16(22)11-6-4-10(5-7-11)15-19-20-17(25)24-15/h4-7,12-14H,8-9H2,1-3H3,(H,20,25). The van der Waals surface area contributed by atoms with Gasteiger partial charge in [0.2, 0.25) is 5.89 Å². The Morgan fingerprint density at radius 2 is 2.08 bits per heavy atom. The van der Waals surface area contributed by atoms with Crippen LogP contribution in [0.2, 0.25) is 0 Å². The molecule has 1 amide bonds. The molecule has 2 aromatic rings. The van der Waals surface area contributed by atoms with Crippen molar-refractivity contribution in [1.82, 2.24) is 15.1 Å². The van der Waals surface area contributed by atoms with Crippen LogP contribution in [0.4, 0.5) is 0 Å². The lowest BCUT2D eigenvalue weighted by Crippen LogP contribution is -2.66. The number of rotatable bonds is 3. The summed E-state index contributed by atoms with van der Waals surface area (Å²) in [7, 11) is 1.89. The minimum atomic E-state index is -0.0146. The number of nitrogens with zero attached hydrogens (tertiary/aromatic N) is 2. The highest BCUT2D eigenvalue weighted by atomic mass is 32.1. The highest BCUT2D eigenvalue weighted by Gasteiger charge is 2.61. The molecule has 3 atom stereocenters. The average Bonchev–Trinajstić information content (AvgIpc) is 3.22. The summed E-state index contributed by atoms with van der Waals surface area (Å²) in [5.41, 5.74) is 1.41. The predicted octanol–water partition coefficient (Wildman–Crippen LogP) is 3.28. The average molecular weight is 359 g/mol. The molecule has 1 aliphatic carbocycles. The van der Waals surface area contributed by atoms with E-state index in [0.717, 1.165) is 18.6 Å². The van der Waals surface area contributed by atoms with Gasteiger partial charge in [0.15, 0.2) is 0 Å². The zero-order valence-electron chi connectivity index (χ0n) is 14.5. The fourth-order valence-electron chi connectivity index (χ4n) is 4.52. The summed E-state index contributed by atoms with van der Waals surface area (Å²) in [4.78, 5) is 15.0. The molecule has 0 spiro atoms. The molecule has 1 saturated carbocycles. The lowest BCUT2D eigenvalue weighted by molar-refractivity contribution is -0.139. The minimum Gasteiger partial charge on any atom is -0.409 e. The fourth-order valence-corrected chi connectivity index (χ4v) is 4.65. The molecule has 0 radical (unpaired) electrons. The molecule has 2 aliphatic rings. The first-order valence-electron chi connectivity index (χ1n) is 8.44. The summed E-state index contributed by atoms with van der Waals surface area (Å²) in [6.07, 6.45) is 1.29. The van der Waals surface area contributed by atoms with Crippen molar-refractivity contribution < 1.29 is 13.9 Å². The molecule has 3 unspecified atom stereocenters. The molecule has 1 aromatic carbocycles. The summed E-state index contributed by atoms with van der Waals surface area (Å²) in [6, 6.07) is 7.45. The van der Waals surface area contributed by atoms with E-state index in [1.807, 2.05) is 24.1 Å². The SMILES string of the molecule is CN(C(=O)c1ccc(-c2n[nH]c(=S)o2)cc1)C1C2CCOC2C1(C)C. The van der Waals surface area contributed by atoms with Crippen LogP contribution in [0.25, 0.3) is 11.5 Å². The monoisotopic (exact) mass is 359 g/mol. The van der Waals surface area contributed by atoms with Gasteiger partial charge in [-0.3, -0.25) is 4.79 Å². The van der Waals surface area contributed by atoms with E-state index in [2.05, 4.69) is 24.0 Å². The number of aromatic nitrogens is 2. The number of benzene rings is 1. The molecule has 1 aliphatic heterocycles. The van der Waals surface area contributed by atoms with Gasteiger partial charge in [0.05, 0.1) is 6.10 Å². The van der Waals surface area contributed by atoms with Crippen LogP contribution < -0.4 is 0 Å². The smallest absolute Gasteiger partial charge is 0.284 e. The maximum atomic E-state index is 12.9. The van der Waals surface area contributed by atoms with Gasteiger partial charge in [-0.1, -0.05) is 13.8 Å². The van der Waals surface area contributed by atoms with Crippen molar-refractivity contribution in [1.29, 1.82) is 0 Å². The van der Waals surface area contributed by atoms with Crippen LogP contribution in [-0.4, -0.2) is 46.8 Å². The van der Waals surface area contributed by atoms with E-state index in [1.54, 1.807) is 12.1 Å². The van der Waals surface area contributed by atoms with Gasteiger partial charge < -0.3 is 14.1 Å². The Bertz CT molecular complexity index is 855. The van der Waals surface area contributed by atoms with E-state index in [4.69, 9.17) is 21.4 Å². The number of nitrogens with one attached hydrogen (secondary N) is 1. The molecule has 2 fully saturated rings. The summed E-state index contributed by atoms with van der Waals surface area (Å²) in [6.45, 7) is 5.16. The van der Waals surface area contributed by atoms with Gasteiger partial charge in [-0.15, -0.1) is 5.10 Å². The summed E-state index contributed by atoms with van der Waals surface area (Å²) in [5, 5.41) is 6.59. The van der Waals surface area contributed by atoms with Crippen molar-refractivity contribution in [2.75, 3.05) is 13.7 Å². The van der Waals surface area contributed by atoms with Crippen molar-refractivity contribution >= 4 is 18.1 Å². The van der Waals surface area contributed by atoms with Gasteiger partial charge in [0, 0.05) is 42.2 Å². The van der Waals surface area contributed by atoms with Crippen LogP contribution in [0, 0.1) is 16.2 Å². The van der Waals surface area contributed by atoms with E-state index in [9.17, 15) is 4.79 Å². The zero-order valence-corrected chi connectivity index (χ0v) is 15.3. The van der Waals surface area contributed by atoms with E-state index < -0.39 is 0 Å². The highest BCUT2D eigenvalue weighted by molar-refractivity contribution is 7.71. The number of hydrogen-bond donors (Lipinski definition) is 1. The van der Waals surface area contributed by atoms with Crippen molar-refractivity contribution in [3.63, 3.8) is 0 Å². The molecule has 25 heavy (non-hydrogen) atoms. The van der Waals surface area contributed by atoms with Crippen LogP contribution in [0.3, 0.4) is 0 Å². The Morgan fingerprint density at radius 1 is 1.36 bits per heavy atom. The first-order chi connectivity index (χ1) is 11.9. The van der Waals surface area contributed by atoms with E-state index in [1.165, 1.54) is 0 Å². The molecule has 1 N–H and O–H groups in total. The van der Waals surface area contributed by atoms with Crippen molar-refractivity contribution in [2.24, 2.45) is 11.3 Å². The van der Waals surface area contributed by atoms with Crippen molar-refractivity contribution in [3.8, 4) is 11.5 Å². The van der Waals surface area contributed by atoms with Gasteiger partial charge in [-0.05, 0) is 42.9 Å². The lowest BCUT2D eigenvalue weighted by Gasteiger charge is -2.57. The molecular formula is C18H21N3O3S. The van der Waals surface area contributed by atoms with Crippen molar-refractivity contribution in [2.45, 2.75) is 32.4 Å². The fraction of sp³-hybridized carbons (Fsp3) is 0.500. The van der Waals surface area contributed by atoms with Crippen LogP contribution in [0.5, 0.6) is 0 Å². The zero-order chi connectivity index (χ0) is 17.8. The van der Waals surface area contributed by atoms with Crippen LogP contribution in [0.15, 0.2) is 28.7 Å². The second-order valence-electron chi connectivity index (χ2n) is 7.42. The first-order valence-corrected chi connectivity index (χ1v) is 8.85. The summed E-state index contributed by atoms with van der Waals surface area (Å²) < 4.78 is 11.1. The Balaban J connectivity index is 1.53. The summed E-state index contributed by atoms with van der Waals surface area (Å²) >= 11 is 4.89. The van der Waals surface area contributed by atoms with Gasteiger partial charge in [0.1, 0.15) is 0 Å². The van der Waals surface area contributed by atoms with Crippen LogP contribution >= 0.6 is 12.2 Å². The van der Waals surface area contributed by atoms with Gasteiger partial charge in [0.25, 0.3) is 10.7 Å². The second kappa shape index (κ2) is 5.78. The number of carbonyl (C=O) groups is 1. The van der Waals surface area contributed by atoms with E-state index in [-0.39, 0.29) is 28.3 Å². The topological polar surface area (TPSA) is 71.4 Å². The van der Waals surface area contributed by atoms with Crippen LogP contribution in [0.1, 0.15) is 30.6 Å². The molecule has 0 bridgehead atoms. The number of fused-ring (bicyclic) bond motifs is 1. The molecule has 4 rings (SSSR count). The molecule has 132 valence electrons. The molecular weight excluding hydrogens is 338 g/mol. The molecule has 1 saturated heterocycles. The Labute approximate surface area is 151 Å². The quantitative estimate of drug-likeness (QED) is 0.852. The van der Waals surface area contributed by atoms with Gasteiger partial charge in [-0.25, -0.2) is 5.10 Å². The van der Waals surface area contributed by atoms with Gasteiger partial charge in [-0.2, -0.15) is 0 Å². The lowest BCUT2D eigenvalue weighted by atomic mass is 9.56. The second-order valence-corrected chi connectivity index (χ2v) is 7.79. The molecule has 1 aromatic heterocycles. The number of H-pyrrole nitrogens is 1. The Morgan fingerprint density at radius 3 is 2.72 bits per heavy atom. The predicted molar refractivity (Wildman–Crippen MR) is 94.6 cm³/mol.